The first-order chi connectivity index (χ1) is 8.56. The smallest absolute Gasteiger partial charge is 0.145 e. The zero-order valence-corrected chi connectivity index (χ0v) is 11.5. The zero-order valence-electron chi connectivity index (χ0n) is 9.92. The van der Waals surface area contributed by atoms with Crippen LogP contribution in [-0.2, 0) is 7.05 Å². The van der Waals surface area contributed by atoms with Crippen molar-refractivity contribution in [3.63, 3.8) is 0 Å². The lowest BCUT2D eigenvalue weighted by atomic mass is 10.0. The second kappa shape index (κ2) is 5.16. The van der Waals surface area contributed by atoms with Crippen LogP contribution in [0, 0.1) is 11.6 Å². The van der Waals surface area contributed by atoms with Crippen molar-refractivity contribution in [1.82, 2.24) is 14.9 Å². The third-order valence-electron chi connectivity index (χ3n) is 2.81. The summed E-state index contributed by atoms with van der Waals surface area (Å²) in [6, 6.07) is 2.00. The predicted molar refractivity (Wildman–Crippen MR) is 68.2 cm³/mol. The number of hydrogen-bond acceptors (Lipinski definition) is 2. The van der Waals surface area contributed by atoms with Crippen molar-refractivity contribution in [1.29, 1.82) is 0 Å². The molecule has 0 fully saturated rings. The van der Waals surface area contributed by atoms with Crippen molar-refractivity contribution < 1.29 is 8.78 Å². The molecular weight excluding hydrogens is 304 g/mol. The lowest BCUT2D eigenvalue weighted by Gasteiger charge is -2.19. The van der Waals surface area contributed by atoms with Gasteiger partial charge in [0, 0.05) is 12.6 Å². The van der Waals surface area contributed by atoms with Crippen molar-refractivity contribution in [2.75, 3.05) is 7.05 Å². The zero-order chi connectivity index (χ0) is 13.3. The van der Waals surface area contributed by atoms with Gasteiger partial charge in [0.25, 0.3) is 0 Å². The molecule has 1 unspecified atom stereocenters. The highest BCUT2D eigenvalue weighted by atomic mass is 79.9. The normalized spacial score (nSPS) is 12.7. The van der Waals surface area contributed by atoms with Crippen LogP contribution >= 0.6 is 15.9 Å². The van der Waals surface area contributed by atoms with Gasteiger partial charge >= 0.3 is 0 Å². The first-order valence-corrected chi connectivity index (χ1v) is 6.12. The molecular formula is C12H12BrF2N3. The molecule has 1 atom stereocenters. The van der Waals surface area contributed by atoms with Crippen LogP contribution in [0.3, 0.4) is 0 Å². The van der Waals surface area contributed by atoms with E-state index in [9.17, 15) is 8.78 Å². The first-order valence-electron chi connectivity index (χ1n) is 5.33. The Morgan fingerprint density at radius 1 is 1.39 bits per heavy atom. The molecule has 0 spiro atoms. The molecule has 0 saturated heterocycles. The average molecular weight is 316 g/mol. The van der Waals surface area contributed by atoms with E-state index in [1.54, 1.807) is 31.2 Å². The van der Waals surface area contributed by atoms with Gasteiger partial charge < -0.3 is 9.88 Å². The van der Waals surface area contributed by atoms with Crippen LogP contribution in [-0.4, -0.2) is 16.6 Å². The minimum atomic E-state index is -0.601. The van der Waals surface area contributed by atoms with Gasteiger partial charge in [-0.05, 0) is 35.1 Å². The fourth-order valence-electron chi connectivity index (χ4n) is 1.89. The second-order valence-corrected chi connectivity index (χ2v) is 4.76. The summed E-state index contributed by atoms with van der Waals surface area (Å²) in [5.74, 6) is -1.19. The molecule has 0 aliphatic rings. The standard InChI is InChI=1S/C12H12BrF2N3/c1-16-12(9-5-17-6-18(9)2)10-8(14)4-3-7(13)11(10)15/h3-6,12,16H,1-2H3. The molecule has 1 heterocycles. The molecule has 0 amide bonds. The number of nitrogens with one attached hydrogen (secondary N) is 1. The third kappa shape index (κ3) is 2.18. The molecule has 18 heavy (non-hydrogen) atoms. The minimum absolute atomic E-state index is 0.0181. The maximum atomic E-state index is 14.1. The highest BCUT2D eigenvalue weighted by Gasteiger charge is 2.24. The van der Waals surface area contributed by atoms with Crippen molar-refractivity contribution in [3.05, 3.63) is 52.0 Å². The molecule has 0 radical (unpaired) electrons. The van der Waals surface area contributed by atoms with Crippen LogP contribution in [0.2, 0.25) is 0 Å². The van der Waals surface area contributed by atoms with Crippen LogP contribution in [0.4, 0.5) is 8.78 Å². The van der Waals surface area contributed by atoms with Crippen LogP contribution in [0.15, 0.2) is 29.1 Å². The SMILES string of the molecule is CNC(c1c(F)ccc(Br)c1F)c1cncn1C. The monoisotopic (exact) mass is 315 g/mol. The number of hydrogen-bond donors (Lipinski definition) is 1. The Bertz CT molecular complexity index is 568. The summed E-state index contributed by atoms with van der Waals surface area (Å²) in [7, 11) is 3.43. The van der Waals surface area contributed by atoms with E-state index in [-0.39, 0.29) is 10.0 Å². The molecule has 1 N–H and O–H groups in total. The first kappa shape index (κ1) is 13.2. The lowest BCUT2D eigenvalue weighted by molar-refractivity contribution is 0.509. The van der Waals surface area contributed by atoms with Crippen molar-refractivity contribution >= 4 is 15.9 Å². The number of imidazole rings is 1. The largest absolute Gasteiger partial charge is 0.336 e. The average Bonchev–Trinajstić information content (AvgIpc) is 2.76. The van der Waals surface area contributed by atoms with Crippen LogP contribution < -0.4 is 5.32 Å². The van der Waals surface area contributed by atoms with Crippen LogP contribution in [0.25, 0.3) is 0 Å². The van der Waals surface area contributed by atoms with Crippen LogP contribution in [0.1, 0.15) is 17.3 Å². The second-order valence-electron chi connectivity index (χ2n) is 3.91. The number of halogens is 3. The molecule has 96 valence electrons. The number of rotatable bonds is 3. The molecule has 6 heteroatoms. The Balaban J connectivity index is 2.59. The van der Waals surface area contributed by atoms with Gasteiger partial charge in [-0.25, -0.2) is 13.8 Å². The van der Waals surface area contributed by atoms with E-state index in [1.165, 1.54) is 12.1 Å². The minimum Gasteiger partial charge on any atom is -0.336 e. The molecule has 0 aliphatic heterocycles. The maximum Gasteiger partial charge on any atom is 0.145 e. The molecule has 3 nitrogen and oxygen atoms in total. The number of nitrogens with zero attached hydrogens (tertiary/aromatic N) is 2. The molecule has 1 aromatic heterocycles. The summed E-state index contributed by atoms with van der Waals surface area (Å²) in [4.78, 5) is 3.96. The topological polar surface area (TPSA) is 29.9 Å². The predicted octanol–water partition coefficient (Wildman–Crippen LogP) is 2.77. The van der Waals surface area contributed by atoms with E-state index < -0.39 is 17.7 Å². The summed E-state index contributed by atoms with van der Waals surface area (Å²) < 4.78 is 29.9. The Morgan fingerprint density at radius 3 is 2.67 bits per heavy atom. The van der Waals surface area contributed by atoms with Gasteiger partial charge in [-0.1, -0.05) is 0 Å². The van der Waals surface area contributed by atoms with Gasteiger partial charge in [0.1, 0.15) is 11.6 Å². The van der Waals surface area contributed by atoms with E-state index in [0.717, 1.165) is 0 Å². The highest BCUT2D eigenvalue weighted by molar-refractivity contribution is 9.10. The summed E-state index contributed by atoms with van der Waals surface area (Å²) in [6.45, 7) is 0. The lowest BCUT2D eigenvalue weighted by Crippen LogP contribution is -2.22. The molecule has 1 aromatic carbocycles. The molecule has 0 aliphatic carbocycles. The summed E-state index contributed by atoms with van der Waals surface area (Å²) in [5.41, 5.74) is 0.670. The maximum absolute atomic E-state index is 14.1. The summed E-state index contributed by atoms with van der Waals surface area (Å²) in [5, 5.41) is 2.91. The van der Waals surface area contributed by atoms with Crippen molar-refractivity contribution in [2.24, 2.45) is 7.05 Å². The van der Waals surface area contributed by atoms with Gasteiger partial charge in [-0.2, -0.15) is 0 Å². The van der Waals surface area contributed by atoms with Gasteiger partial charge in [0.15, 0.2) is 0 Å². The fourth-order valence-corrected chi connectivity index (χ4v) is 2.24. The van der Waals surface area contributed by atoms with Crippen molar-refractivity contribution in [3.8, 4) is 0 Å². The number of aromatic nitrogens is 2. The Morgan fingerprint density at radius 2 is 2.11 bits per heavy atom. The molecule has 0 saturated carbocycles. The van der Waals surface area contributed by atoms with E-state index >= 15 is 0 Å². The third-order valence-corrected chi connectivity index (χ3v) is 3.42. The van der Waals surface area contributed by atoms with E-state index in [1.807, 2.05) is 0 Å². The number of aryl methyl sites for hydroxylation is 1. The van der Waals surface area contributed by atoms with E-state index in [2.05, 4.69) is 26.2 Å². The molecule has 2 rings (SSSR count). The Kier molecular flexibility index (Phi) is 3.77. The van der Waals surface area contributed by atoms with E-state index in [0.29, 0.717) is 5.69 Å². The van der Waals surface area contributed by atoms with Crippen molar-refractivity contribution in [2.45, 2.75) is 6.04 Å². The van der Waals surface area contributed by atoms with Gasteiger partial charge in [0.05, 0.1) is 28.7 Å². The Labute approximate surface area is 112 Å². The molecule has 2 aromatic rings. The Hall–Kier alpha value is -1.27. The number of benzene rings is 1. The highest BCUT2D eigenvalue weighted by Crippen LogP contribution is 2.30. The van der Waals surface area contributed by atoms with Gasteiger partial charge in [-0.15, -0.1) is 0 Å². The van der Waals surface area contributed by atoms with Crippen LogP contribution in [0.5, 0.6) is 0 Å². The van der Waals surface area contributed by atoms with Gasteiger partial charge in [0.2, 0.25) is 0 Å². The summed E-state index contributed by atoms with van der Waals surface area (Å²) in [6.07, 6.45) is 3.18. The summed E-state index contributed by atoms with van der Waals surface area (Å²) >= 11 is 3.07. The van der Waals surface area contributed by atoms with Gasteiger partial charge in [-0.3, -0.25) is 0 Å². The fraction of sp³-hybridized carbons (Fsp3) is 0.250. The quantitative estimate of drug-likeness (QED) is 0.883. The molecule has 0 bridgehead atoms. The van der Waals surface area contributed by atoms with E-state index in [4.69, 9.17) is 0 Å².